The average molecular weight is 248 g/mol. The third kappa shape index (κ3) is 3.43. The smallest absolute Gasteiger partial charge is 0.0400 e. The number of nitrogens with two attached hydrogens (primary N) is 1. The van der Waals surface area contributed by atoms with Gasteiger partial charge in [-0.25, -0.2) is 0 Å². The number of aromatic nitrogens is 1. The van der Waals surface area contributed by atoms with Gasteiger partial charge in [0.25, 0.3) is 0 Å². The lowest BCUT2D eigenvalue weighted by Crippen LogP contribution is -2.48. The number of pyridine rings is 1. The molecule has 0 bridgehead atoms. The van der Waals surface area contributed by atoms with Crippen molar-refractivity contribution in [2.24, 2.45) is 11.7 Å². The number of hydrogen-bond donors (Lipinski definition) is 1. The lowest BCUT2D eigenvalue weighted by atomic mass is 10.1. The van der Waals surface area contributed by atoms with Crippen LogP contribution in [0.1, 0.15) is 12.6 Å². The van der Waals surface area contributed by atoms with E-state index in [1.54, 1.807) is 0 Å². The Balaban J connectivity index is 1.87. The molecule has 1 unspecified atom stereocenters. The highest BCUT2D eigenvalue weighted by Crippen LogP contribution is 2.16. The first-order valence-corrected chi connectivity index (χ1v) is 6.79. The van der Waals surface area contributed by atoms with Gasteiger partial charge in [-0.05, 0) is 31.5 Å². The van der Waals surface area contributed by atoms with E-state index in [2.05, 4.69) is 33.8 Å². The lowest BCUT2D eigenvalue weighted by Gasteiger charge is -2.37. The Morgan fingerprint density at radius 3 is 2.67 bits per heavy atom. The molecule has 1 aliphatic rings. The summed E-state index contributed by atoms with van der Waals surface area (Å²) >= 11 is 0. The van der Waals surface area contributed by atoms with Gasteiger partial charge in [0, 0.05) is 50.3 Å². The Morgan fingerprint density at radius 2 is 2.06 bits per heavy atom. The van der Waals surface area contributed by atoms with E-state index < -0.39 is 0 Å². The van der Waals surface area contributed by atoms with Crippen molar-refractivity contribution in [1.29, 1.82) is 0 Å². The van der Waals surface area contributed by atoms with Crippen LogP contribution in [-0.2, 0) is 0 Å². The summed E-state index contributed by atoms with van der Waals surface area (Å²) in [4.78, 5) is 9.21. The van der Waals surface area contributed by atoms with Crippen LogP contribution in [0.3, 0.4) is 0 Å². The zero-order valence-corrected chi connectivity index (χ0v) is 11.5. The third-order valence-electron chi connectivity index (χ3n) is 3.59. The van der Waals surface area contributed by atoms with Crippen LogP contribution in [0.2, 0.25) is 0 Å². The number of piperazine rings is 1. The minimum atomic E-state index is 0.597. The summed E-state index contributed by atoms with van der Waals surface area (Å²) in [6.45, 7) is 10.6. The van der Waals surface area contributed by atoms with E-state index in [9.17, 15) is 0 Å². The molecule has 1 atom stereocenters. The highest BCUT2D eigenvalue weighted by molar-refractivity contribution is 5.46. The maximum atomic E-state index is 5.68. The molecule has 1 aromatic rings. The highest BCUT2D eigenvalue weighted by atomic mass is 15.3. The summed E-state index contributed by atoms with van der Waals surface area (Å²) in [5, 5.41) is 0. The molecule has 2 N–H and O–H groups in total. The van der Waals surface area contributed by atoms with Gasteiger partial charge in [0.05, 0.1) is 0 Å². The Morgan fingerprint density at radius 1 is 1.33 bits per heavy atom. The van der Waals surface area contributed by atoms with Gasteiger partial charge in [-0.1, -0.05) is 6.92 Å². The second kappa shape index (κ2) is 6.16. The summed E-state index contributed by atoms with van der Waals surface area (Å²) in [6.07, 6.45) is 1.90. The summed E-state index contributed by atoms with van der Waals surface area (Å²) in [5.74, 6) is 0.597. The molecular weight excluding hydrogens is 224 g/mol. The largest absolute Gasteiger partial charge is 0.369 e. The van der Waals surface area contributed by atoms with E-state index in [1.807, 2.05) is 13.1 Å². The molecule has 1 aliphatic heterocycles. The number of nitrogens with zero attached hydrogens (tertiary/aromatic N) is 3. The SMILES string of the molecule is Cc1cc(N2CCN(CC(C)CN)CC2)ccn1. The van der Waals surface area contributed by atoms with Gasteiger partial charge in [-0.2, -0.15) is 0 Å². The molecule has 4 heteroatoms. The minimum absolute atomic E-state index is 0.597. The molecule has 4 nitrogen and oxygen atoms in total. The summed E-state index contributed by atoms with van der Waals surface area (Å²) in [5.41, 5.74) is 8.07. The fourth-order valence-electron chi connectivity index (χ4n) is 2.43. The fourth-order valence-corrected chi connectivity index (χ4v) is 2.43. The predicted molar refractivity (Wildman–Crippen MR) is 75.8 cm³/mol. The Hall–Kier alpha value is -1.13. The average Bonchev–Trinajstić information content (AvgIpc) is 2.39. The summed E-state index contributed by atoms with van der Waals surface area (Å²) in [6, 6.07) is 4.27. The highest BCUT2D eigenvalue weighted by Gasteiger charge is 2.18. The van der Waals surface area contributed by atoms with E-state index in [-0.39, 0.29) is 0 Å². The van der Waals surface area contributed by atoms with Crippen LogP contribution in [-0.4, -0.2) is 49.2 Å². The first-order valence-electron chi connectivity index (χ1n) is 6.79. The molecule has 0 spiro atoms. The van der Waals surface area contributed by atoms with Crippen molar-refractivity contribution in [3.8, 4) is 0 Å². The third-order valence-corrected chi connectivity index (χ3v) is 3.59. The van der Waals surface area contributed by atoms with E-state index >= 15 is 0 Å². The zero-order valence-electron chi connectivity index (χ0n) is 11.5. The van der Waals surface area contributed by atoms with E-state index in [0.29, 0.717) is 5.92 Å². The van der Waals surface area contributed by atoms with Crippen molar-refractivity contribution >= 4 is 5.69 Å². The van der Waals surface area contributed by atoms with Gasteiger partial charge in [0.2, 0.25) is 0 Å². The van der Waals surface area contributed by atoms with Crippen LogP contribution in [0.25, 0.3) is 0 Å². The van der Waals surface area contributed by atoms with E-state index in [1.165, 1.54) is 5.69 Å². The van der Waals surface area contributed by atoms with Gasteiger partial charge >= 0.3 is 0 Å². The molecule has 0 radical (unpaired) electrons. The number of anilines is 1. The van der Waals surface area contributed by atoms with Crippen LogP contribution in [0.15, 0.2) is 18.3 Å². The van der Waals surface area contributed by atoms with Gasteiger partial charge < -0.3 is 10.6 Å². The van der Waals surface area contributed by atoms with Crippen molar-refractivity contribution in [2.75, 3.05) is 44.2 Å². The Kier molecular flexibility index (Phi) is 4.55. The maximum Gasteiger partial charge on any atom is 0.0400 e. The van der Waals surface area contributed by atoms with Crippen molar-refractivity contribution < 1.29 is 0 Å². The fraction of sp³-hybridized carbons (Fsp3) is 0.643. The number of aryl methyl sites for hydroxylation is 1. The molecule has 100 valence electrons. The van der Waals surface area contributed by atoms with Gasteiger partial charge in [-0.3, -0.25) is 9.88 Å². The monoisotopic (exact) mass is 248 g/mol. The lowest BCUT2D eigenvalue weighted by molar-refractivity contribution is 0.227. The quantitative estimate of drug-likeness (QED) is 0.867. The second-order valence-electron chi connectivity index (χ2n) is 5.28. The standard InChI is InChI=1S/C14H24N4/c1-12(10-15)11-17-5-7-18(8-6-17)14-3-4-16-13(2)9-14/h3-4,9,12H,5-8,10-11,15H2,1-2H3. The van der Waals surface area contributed by atoms with Crippen molar-refractivity contribution in [2.45, 2.75) is 13.8 Å². The minimum Gasteiger partial charge on any atom is -0.369 e. The van der Waals surface area contributed by atoms with Crippen LogP contribution < -0.4 is 10.6 Å². The molecule has 18 heavy (non-hydrogen) atoms. The molecule has 2 rings (SSSR count). The van der Waals surface area contributed by atoms with Gasteiger partial charge in [0.15, 0.2) is 0 Å². The molecule has 0 aliphatic carbocycles. The number of rotatable bonds is 4. The molecule has 0 saturated carbocycles. The van der Waals surface area contributed by atoms with Gasteiger partial charge in [0.1, 0.15) is 0 Å². The molecular formula is C14H24N4. The van der Waals surface area contributed by atoms with Crippen LogP contribution in [0.5, 0.6) is 0 Å². The Bertz CT molecular complexity index is 372. The molecule has 0 amide bonds. The second-order valence-corrected chi connectivity index (χ2v) is 5.28. The van der Waals surface area contributed by atoms with Crippen LogP contribution in [0.4, 0.5) is 5.69 Å². The predicted octanol–water partition coefficient (Wildman–Crippen LogP) is 1.11. The number of hydrogen-bond acceptors (Lipinski definition) is 4. The first-order chi connectivity index (χ1) is 8.69. The van der Waals surface area contributed by atoms with Crippen LogP contribution in [0, 0.1) is 12.8 Å². The summed E-state index contributed by atoms with van der Waals surface area (Å²) in [7, 11) is 0. The topological polar surface area (TPSA) is 45.4 Å². The Labute approximate surface area is 110 Å². The van der Waals surface area contributed by atoms with Crippen molar-refractivity contribution in [3.05, 3.63) is 24.0 Å². The first kappa shape index (κ1) is 13.3. The van der Waals surface area contributed by atoms with Crippen LogP contribution >= 0.6 is 0 Å². The van der Waals surface area contributed by atoms with Crippen molar-refractivity contribution in [1.82, 2.24) is 9.88 Å². The molecule has 1 fully saturated rings. The van der Waals surface area contributed by atoms with E-state index in [4.69, 9.17) is 5.73 Å². The van der Waals surface area contributed by atoms with E-state index in [0.717, 1.165) is 45.0 Å². The molecule has 2 heterocycles. The summed E-state index contributed by atoms with van der Waals surface area (Å²) < 4.78 is 0. The van der Waals surface area contributed by atoms with Crippen molar-refractivity contribution in [3.63, 3.8) is 0 Å². The normalized spacial score (nSPS) is 18.9. The molecule has 1 aromatic heterocycles. The molecule has 0 aromatic carbocycles. The molecule has 1 saturated heterocycles. The zero-order chi connectivity index (χ0) is 13.0. The maximum absolute atomic E-state index is 5.68. The van der Waals surface area contributed by atoms with Gasteiger partial charge in [-0.15, -0.1) is 0 Å².